The van der Waals surface area contributed by atoms with Crippen LogP contribution in [-0.2, 0) is 9.84 Å². The van der Waals surface area contributed by atoms with E-state index in [9.17, 15) is 8.42 Å². The number of benzene rings is 1. The van der Waals surface area contributed by atoms with Crippen molar-refractivity contribution in [2.45, 2.75) is 31.7 Å². The normalized spacial score (nSPS) is 13.5. The molecule has 19 heavy (non-hydrogen) atoms. The maximum Gasteiger partial charge on any atom is 0.175 e. The van der Waals surface area contributed by atoms with Crippen LogP contribution in [0.15, 0.2) is 29.2 Å². The highest BCUT2D eigenvalue weighted by molar-refractivity contribution is 7.90. The van der Waals surface area contributed by atoms with E-state index in [4.69, 9.17) is 4.74 Å². The van der Waals surface area contributed by atoms with E-state index in [2.05, 4.69) is 26.1 Å². The topological polar surface area (TPSA) is 55.4 Å². The van der Waals surface area contributed by atoms with Gasteiger partial charge in [-0.3, -0.25) is 0 Å². The van der Waals surface area contributed by atoms with E-state index in [1.807, 2.05) is 0 Å². The monoisotopic (exact) mass is 285 g/mol. The Hall–Kier alpha value is -1.07. The van der Waals surface area contributed by atoms with E-state index in [0.29, 0.717) is 29.2 Å². The van der Waals surface area contributed by atoms with Crippen LogP contribution in [0.3, 0.4) is 0 Å². The van der Waals surface area contributed by atoms with Gasteiger partial charge in [-0.1, -0.05) is 20.8 Å². The van der Waals surface area contributed by atoms with Gasteiger partial charge in [-0.15, -0.1) is 0 Å². The number of hydrogen-bond acceptors (Lipinski definition) is 4. The lowest BCUT2D eigenvalue weighted by atomic mass is 10.2. The van der Waals surface area contributed by atoms with Crippen molar-refractivity contribution in [2.24, 2.45) is 5.92 Å². The Kier molecular flexibility index (Phi) is 5.82. The molecule has 108 valence electrons. The molecule has 0 saturated heterocycles. The summed E-state index contributed by atoms with van der Waals surface area (Å²) in [6.07, 6.45) is 1.20. The Morgan fingerprint density at radius 2 is 1.74 bits per heavy atom. The molecule has 0 saturated carbocycles. The van der Waals surface area contributed by atoms with Gasteiger partial charge in [0.05, 0.1) is 11.5 Å². The van der Waals surface area contributed by atoms with Crippen molar-refractivity contribution >= 4 is 9.84 Å². The summed E-state index contributed by atoms with van der Waals surface area (Å²) in [5, 5.41) is 3.35. The van der Waals surface area contributed by atoms with E-state index in [1.54, 1.807) is 24.3 Å². The molecule has 0 aliphatic rings. The highest BCUT2D eigenvalue weighted by Gasteiger charge is 2.07. The molecule has 4 nitrogen and oxygen atoms in total. The largest absolute Gasteiger partial charge is 0.493 e. The number of hydrogen-bond donors (Lipinski definition) is 1. The Balaban J connectivity index is 2.46. The summed E-state index contributed by atoms with van der Waals surface area (Å²) in [5.41, 5.74) is 0. The fourth-order valence-electron chi connectivity index (χ4n) is 1.52. The van der Waals surface area contributed by atoms with Gasteiger partial charge in [0.25, 0.3) is 0 Å². The molecule has 1 aromatic rings. The highest BCUT2D eigenvalue weighted by Crippen LogP contribution is 2.16. The molecule has 0 amide bonds. The quantitative estimate of drug-likeness (QED) is 0.833. The minimum Gasteiger partial charge on any atom is -0.493 e. The second kappa shape index (κ2) is 6.91. The zero-order chi connectivity index (χ0) is 14.5. The smallest absolute Gasteiger partial charge is 0.175 e. The van der Waals surface area contributed by atoms with Crippen molar-refractivity contribution in [2.75, 3.05) is 19.4 Å². The Labute approximate surface area is 116 Å². The molecule has 0 fully saturated rings. The average molecular weight is 285 g/mol. The van der Waals surface area contributed by atoms with Gasteiger partial charge in [-0.05, 0) is 24.3 Å². The zero-order valence-corrected chi connectivity index (χ0v) is 12.8. The van der Waals surface area contributed by atoms with Crippen LogP contribution in [0.1, 0.15) is 20.8 Å². The van der Waals surface area contributed by atoms with E-state index >= 15 is 0 Å². The van der Waals surface area contributed by atoms with Crippen LogP contribution in [0, 0.1) is 5.92 Å². The molecule has 1 atom stereocenters. The fourth-order valence-corrected chi connectivity index (χ4v) is 2.15. The van der Waals surface area contributed by atoms with Gasteiger partial charge in [0.15, 0.2) is 9.84 Å². The van der Waals surface area contributed by atoms with Gasteiger partial charge in [0, 0.05) is 24.8 Å². The highest BCUT2D eigenvalue weighted by atomic mass is 32.2. The lowest BCUT2D eigenvalue weighted by Gasteiger charge is -2.15. The van der Waals surface area contributed by atoms with Gasteiger partial charge in [0.2, 0.25) is 0 Å². The van der Waals surface area contributed by atoms with Crippen LogP contribution < -0.4 is 10.1 Å². The molecular formula is C14H23NO3S. The van der Waals surface area contributed by atoms with Crippen molar-refractivity contribution < 1.29 is 13.2 Å². The van der Waals surface area contributed by atoms with Gasteiger partial charge < -0.3 is 10.1 Å². The second-order valence-electron chi connectivity index (χ2n) is 5.22. The molecule has 1 aromatic carbocycles. The lowest BCUT2D eigenvalue weighted by Crippen LogP contribution is -2.30. The van der Waals surface area contributed by atoms with Crippen LogP contribution in [-0.4, -0.2) is 33.9 Å². The van der Waals surface area contributed by atoms with Crippen molar-refractivity contribution in [3.63, 3.8) is 0 Å². The maximum atomic E-state index is 11.3. The summed E-state index contributed by atoms with van der Waals surface area (Å²) in [5.74, 6) is 1.10. The van der Waals surface area contributed by atoms with Crippen molar-refractivity contribution in [1.29, 1.82) is 0 Å². The molecule has 1 unspecified atom stereocenters. The van der Waals surface area contributed by atoms with Crippen molar-refractivity contribution in [1.82, 2.24) is 5.32 Å². The third-order valence-electron chi connectivity index (χ3n) is 2.66. The molecule has 0 aliphatic heterocycles. The molecule has 0 aliphatic carbocycles. The number of sulfone groups is 1. The van der Waals surface area contributed by atoms with Crippen LogP contribution in [0.4, 0.5) is 0 Å². The summed E-state index contributed by atoms with van der Waals surface area (Å²) in [4.78, 5) is 0.314. The first-order valence-corrected chi connectivity index (χ1v) is 8.34. The Bertz CT molecular complexity index is 480. The van der Waals surface area contributed by atoms with E-state index in [1.165, 1.54) is 6.26 Å². The summed E-state index contributed by atoms with van der Waals surface area (Å²) < 4.78 is 28.3. The van der Waals surface area contributed by atoms with Crippen LogP contribution in [0.5, 0.6) is 5.75 Å². The van der Waals surface area contributed by atoms with Crippen LogP contribution in [0.2, 0.25) is 0 Å². The first-order chi connectivity index (χ1) is 8.79. The van der Waals surface area contributed by atoms with Gasteiger partial charge in [-0.2, -0.15) is 0 Å². The third kappa shape index (κ3) is 6.07. The van der Waals surface area contributed by atoms with Crippen molar-refractivity contribution in [3.8, 4) is 5.75 Å². The number of nitrogens with one attached hydrogen (secondary N) is 1. The zero-order valence-electron chi connectivity index (χ0n) is 12.0. The molecule has 0 bridgehead atoms. The predicted molar refractivity (Wildman–Crippen MR) is 77.3 cm³/mol. The standard InChI is InChI=1S/C14H23NO3S/c1-11(2)15-9-12(3)10-18-13-5-7-14(8-6-13)19(4,16)17/h5-8,11-12,15H,9-10H2,1-4H3. The van der Waals surface area contributed by atoms with Gasteiger partial charge in [0.1, 0.15) is 5.75 Å². The average Bonchev–Trinajstić information content (AvgIpc) is 2.33. The molecule has 0 spiro atoms. The molecule has 1 N–H and O–H groups in total. The van der Waals surface area contributed by atoms with Gasteiger partial charge in [-0.25, -0.2) is 8.42 Å². The summed E-state index contributed by atoms with van der Waals surface area (Å²) in [7, 11) is -3.13. The predicted octanol–water partition coefficient (Wildman–Crippen LogP) is 2.10. The molecule has 0 radical (unpaired) electrons. The van der Waals surface area contributed by atoms with Crippen molar-refractivity contribution in [3.05, 3.63) is 24.3 Å². The molecule has 1 rings (SSSR count). The first-order valence-electron chi connectivity index (χ1n) is 6.45. The summed E-state index contributed by atoms with van der Waals surface area (Å²) >= 11 is 0. The fraction of sp³-hybridized carbons (Fsp3) is 0.571. The number of ether oxygens (including phenoxy) is 1. The minimum atomic E-state index is -3.13. The molecule has 0 heterocycles. The summed E-state index contributed by atoms with van der Waals surface area (Å²) in [6.45, 7) is 7.84. The molecular weight excluding hydrogens is 262 g/mol. The van der Waals surface area contributed by atoms with Crippen LogP contribution in [0.25, 0.3) is 0 Å². The maximum absolute atomic E-state index is 11.3. The van der Waals surface area contributed by atoms with Crippen LogP contribution >= 0.6 is 0 Å². The lowest BCUT2D eigenvalue weighted by molar-refractivity contribution is 0.253. The SMILES string of the molecule is CC(CNC(C)C)COc1ccc(S(C)(=O)=O)cc1. The van der Waals surface area contributed by atoms with Gasteiger partial charge >= 0.3 is 0 Å². The number of rotatable bonds is 7. The second-order valence-corrected chi connectivity index (χ2v) is 7.24. The molecule has 0 aromatic heterocycles. The van der Waals surface area contributed by atoms with E-state index in [-0.39, 0.29) is 0 Å². The first kappa shape index (κ1) is 16.0. The van der Waals surface area contributed by atoms with E-state index in [0.717, 1.165) is 6.54 Å². The minimum absolute atomic E-state index is 0.314. The molecule has 5 heteroatoms. The Morgan fingerprint density at radius 1 is 1.16 bits per heavy atom. The third-order valence-corrected chi connectivity index (χ3v) is 3.79. The Morgan fingerprint density at radius 3 is 2.21 bits per heavy atom. The summed E-state index contributed by atoms with van der Waals surface area (Å²) in [6, 6.07) is 7.00. The van der Waals surface area contributed by atoms with E-state index < -0.39 is 9.84 Å².